The van der Waals surface area contributed by atoms with Crippen LogP contribution in [0.5, 0.6) is 0 Å². The lowest BCUT2D eigenvalue weighted by atomic mass is 10.00. The number of anilines is 1. The summed E-state index contributed by atoms with van der Waals surface area (Å²) in [4.78, 5) is 30.9. The number of H-pyrrole nitrogens is 1. The van der Waals surface area contributed by atoms with E-state index < -0.39 is 41.1 Å². The van der Waals surface area contributed by atoms with E-state index in [1.54, 1.807) is 30.3 Å². The van der Waals surface area contributed by atoms with E-state index in [0.717, 1.165) is 12.1 Å². The molecular weight excluding hydrogens is 408 g/mol. The predicted molar refractivity (Wildman–Crippen MR) is 107 cm³/mol. The Morgan fingerprint density at radius 1 is 1.06 bits per heavy atom. The fraction of sp³-hybridized carbons (Fsp3) is 0.0455. The molecule has 2 heterocycles. The minimum absolute atomic E-state index is 0.126. The van der Waals surface area contributed by atoms with E-state index in [0.29, 0.717) is 11.0 Å². The van der Waals surface area contributed by atoms with Gasteiger partial charge in [-0.2, -0.15) is 0 Å². The van der Waals surface area contributed by atoms with Gasteiger partial charge in [0.25, 0.3) is 0 Å². The average Bonchev–Trinajstić information content (AvgIpc) is 3.20. The normalized spacial score (nSPS) is 11.8. The Kier molecular flexibility index (Phi) is 5.42. The number of fused-ring (bicyclic) bond motifs is 1. The van der Waals surface area contributed by atoms with Crippen molar-refractivity contribution in [2.45, 2.75) is 6.10 Å². The predicted octanol–water partition coefficient (Wildman–Crippen LogP) is 4.31. The number of hydrogen-bond donors (Lipinski definition) is 3. The Bertz CT molecular complexity index is 1270. The zero-order valence-corrected chi connectivity index (χ0v) is 15.8. The standard InChI is InChI=1S/C22H15F2N3O4/c23-15-8-9-16(27-22(30)31-21(29)12-5-2-1-3-6-12)18(24)17(15)19(28)14-11-26-20-13(14)7-4-10-25-20/h1-11,19,28H,(H,25,26)(H,27,30). The third kappa shape index (κ3) is 3.99. The van der Waals surface area contributed by atoms with Gasteiger partial charge in [0, 0.05) is 23.3 Å². The molecule has 0 saturated carbocycles. The first kappa shape index (κ1) is 20.2. The molecule has 0 spiro atoms. The molecule has 1 amide bonds. The number of aliphatic hydroxyl groups is 1. The third-order valence-corrected chi connectivity index (χ3v) is 4.61. The van der Waals surface area contributed by atoms with Gasteiger partial charge in [0.1, 0.15) is 17.6 Å². The topological polar surface area (TPSA) is 104 Å². The summed E-state index contributed by atoms with van der Waals surface area (Å²) in [7, 11) is 0. The molecule has 1 atom stereocenters. The number of rotatable bonds is 4. The minimum Gasteiger partial charge on any atom is -0.383 e. The summed E-state index contributed by atoms with van der Waals surface area (Å²) in [6.07, 6.45) is -0.00489. The van der Waals surface area contributed by atoms with Crippen molar-refractivity contribution >= 4 is 28.8 Å². The molecule has 9 heteroatoms. The quantitative estimate of drug-likeness (QED) is 0.335. The van der Waals surface area contributed by atoms with Gasteiger partial charge in [-0.15, -0.1) is 0 Å². The molecule has 7 nitrogen and oxygen atoms in total. The van der Waals surface area contributed by atoms with Crippen LogP contribution in [0.2, 0.25) is 0 Å². The van der Waals surface area contributed by atoms with E-state index in [2.05, 4.69) is 20.0 Å². The molecule has 0 aliphatic carbocycles. The zero-order chi connectivity index (χ0) is 22.0. The number of hydrogen-bond acceptors (Lipinski definition) is 5. The van der Waals surface area contributed by atoms with Gasteiger partial charge in [-0.05, 0) is 36.4 Å². The lowest BCUT2D eigenvalue weighted by molar-refractivity contribution is 0.0645. The summed E-state index contributed by atoms with van der Waals surface area (Å²) in [6, 6.07) is 12.9. The zero-order valence-electron chi connectivity index (χ0n) is 15.8. The largest absolute Gasteiger partial charge is 0.419 e. The highest BCUT2D eigenvalue weighted by Gasteiger charge is 2.26. The van der Waals surface area contributed by atoms with Crippen LogP contribution in [0.25, 0.3) is 11.0 Å². The van der Waals surface area contributed by atoms with Crippen molar-refractivity contribution in [1.29, 1.82) is 0 Å². The van der Waals surface area contributed by atoms with Crippen molar-refractivity contribution in [2.75, 3.05) is 5.32 Å². The van der Waals surface area contributed by atoms with E-state index in [-0.39, 0.29) is 11.1 Å². The van der Waals surface area contributed by atoms with Crippen molar-refractivity contribution in [3.63, 3.8) is 0 Å². The number of aromatic nitrogens is 2. The third-order valence-electron chi connectivity index (χ3n) is 4.61. The highest BCUT2D eigenvalue weighted by Crippen LogP contribution is 2.33. The van der Waals surface area contributed by atoms with Crippen molar-refractivity contribution in [3.8, 4) is 0 Å². The first-order valence-corrected chi connectivity index (χ1v) is 9.12. The Labute approximate surface area is 174 Å². The number of nitrogens with zero attached hydrogens (tertiary/aromatic N) is 1. The average molecular weight is 423 g/mol. The molecule has 1 unspecified atom stereocenters. The summed E-state index contributed by atoms with van der Waals surface area (Å²) < 4.78 is 34.1. The number of pyridine rings is 1. The van der Waals surface area contributed by atoms with Gasteiger partial charge in [0.05, 0.1) is 16.8 Å². The van der Waals surface area contributed by atoms with Gasteiger partial charge < -0.3 is 14.8 Å². The molecule has 0 aliphatic heterocycles. The van der Waals surface area contributed by atoms with Crippen molar-refractivity contribution in [1.82, 2.24) is 9.97 Å². The van der Waals surface area contributed by atoms with Crippen LogP contribution in [0.1, 0.15) is 27.6 Å². The maximum Gasteiger partial charge on any atom is 0.419 e. The Hall–Kier alpha value is -4.11. The van der Waals surface area contributed by atoms with E-state index in [9.17, 15) is 19.1 Å². The number of nitrogens with one attached hydrogen (secondary N) is 2. The van der Waals surface area contributed by atoms with Gasteiger partial charge in [-0.25, -0.2) is 23.4 Å². The van der Waals surface area contributed by atoms with Crippen molar-refractivity contribution in [3.05, 3.63) is 95.3 Å². The second-order valence-corrected chi connectivity index (χ2v) is 6.54. The number of ether oxygens (including phenoxy) is 1. The Morgan fingerprint density at radius 2 is 1.84 bits per heavy atom. The molecule has 2 aromatic carbocycles. The number of benzene rings is 2. The summed E-state index contributed by atoms with van der Waals surface area (Å²) in [6.45, 7) is 0. The summed E-state index contributed by atoms with van der Waals surface area (Å²) in [5.74, 6) is -3.15. The molecule has 31 heavy (non-hydrogen) atoms. The fourth-order valence-electron chi connectivity index (χ4n) is 3.13. The van der Waals surface area contributed by atoms with Gasteiger partial charge >= 0.3 is 12.1 Å². The molecule has 0 fully saturated rings. The first-order chi connectivity index (χ1) is 15.0. The van der Waals surface area contributed by atoms with E-state index in [1.807, 2.05) is 0 Å². The van der Waals surface area contributed by atoms with Gasteiger partial charge in [-0.3, -0.25) is 5.32 Å². The van der Waals surface area contributed by atoms with E-state index >= 15 is 4.39 Å². The van der Waals surface area contributed by atoms with Gasteiger partial charge in [-0.1, -0.05) is 18.2 Å². The van der Waals surface area contributed by atoms with Crippen molar-refractivity contribution < 1.29 is 28.2 Å². The van der Waals surface area contributed by atoms with Crippen LogP contribution in [0.15, 0.2) is 67.0 Å². The van der Waals surface area contributed by atoms with Crippen LogP contribution < -0.4 is 5.32 Å². The molecule has 0 bridgehead atoms. The van der Waals surface area contributed by atoms with Crippen LogP contribution in [0, 0.1) is 11.6 Å². The Balaban J connectivity index is 1.59. The maximum atomic E-state index is 15.0. The highest BCUT2D eigenvalue weighted by atomic mass is 19.1. The molecule has 156 valence electrons. The molecule has 4 rings (SSSR count). The molecule has 3 N–H and O–H groups in total. The second kappa shape index (κ2) is 8.33. The number of amides is 1. The number of aromatic amines is 1. The first-order valence-electron chi connectivity index (χ1n) is 9.12. The van der Waals surface area contributed by atoms with E-state index in [1.165, 1.54) is 24.5 Å². The van der Waals surface area contributed by atoms with Gasteiger partial charge in [0.15, 0.2) is 5.82 Å². The lowest BCUT2D eigenvalue weighted by Gasteiger charge is -2.15. The summed E-state index contributed by atoms with van der Waals surface area (Å²) >= 11 is 0. The summed E-state index contributed by atoms with van der Waals surface area (Å²) in [5, 5.41) is 13.2. The van der Waals surface area contributed by atoms with Gasteiger partial charge in [0.2, 0.25) is 0 Å². The van der Waals surface area contributed by atoms with Crippen LogP contribution in [-0.2, 0) is 4.74 Å². The SMILES string of the molecule is O=C(Nc1ccc(F)c(C(O)c2c[nH]c3ncccc23)c1F)OC(=O)c1ccccc1. The monoisotopic (exact) mass is 423 g/mol. The molecule has 2 aromatic heterocycles. The number of aliphatic hydroxyl groups excluding tert-OH is 1. The smallest absolute Gasteiger partial charge is 0.383 e. The number of carbonyl (C=O) groups is 2. The van der Waals surface area contributed by atoms with Crippen molar-refractivity contribution in [2.24, 2.45) is 0 Å². The molecule has 0 aliphatic rings. The summed E-state index contributed by atoms with van der Waals surface area (Å²) in [5.41, 5.74) is -0.355. The fourth-order valence-corrected chi connectivity index (χ4v) is 3.13. The van der Waals surface area contributed by atoms with Crippen LogP contribution in [-0.4, -0.2) is 27.1 Å². The van der Waals surface area contributed by atoms with Crippen LogP contribution >= 0.6 is 0 Å². The van der Waals surface area contributed by atoms with E-state index in [4.69, 9.17) is 0 Å². The second-order valence-electron chi connectivity index (χ2n) is 6.54. The highest BCUT2D eigenvalue weighted by molar-refractivity contribution is 6.00. The minimum atomic E-state index is -1.68. The lowest BCUT2D eigenvalue weighted by Crippen LogP contribution is -2.20. The number of halogens is 2. The Morgan fingerprint density at radius 3 is 2.61 bits per heavy atom. The number of esters is 1. The van der Waals surface area contributed by atoms with Crippen LogP contribution in [0.4, 0.5) is 19.3 Å². The maximum absolute atomic E-state index is 15.0. The molecule has 0 saturated heterocycles. The number of carbonyl (C=O) groups excluding carboxylic acids is 2. The molecular formula is C22H15F2N3O4. The van der Waals surface area contributed by atoms with Crippen LogP contribution in [0.3, 0.4) is 0 Å². The molecule has 0 radical (unpaired) electrons. The molecule has 4 aromatic rings.